The maximum Gasteiger partial charge on any atom is 0.413 e. The van der Waals surface area contributed by atoms with Crippen LogP contribution in [0.15, 0.2) is 24.5 Å². The number of carbonyl (C=O) groups excluding carboxylic acids is 2. The largest absolute Gasteiger partial charge is 0.443 e. The van der Waals surface area contributed by atoms with E-state index in [1.807, 2.05) is 11.8 Å². The molecule has 38 heavy (non-hydrogen) atoms. The number of anilines is 3. The number of aromatic nitrogens is 2. The van der Waals surface area contributed by atoms with Crippen LogP contribution in [0.4, 0.5) is 30.8 Å². The first-order valence-electron chi connectivity index (χ1n) is 12.8. The number of hydrogen-bond acceptors (Lipinski definition) is 8. The van der Waals surface area contributed by atoms with Crippen molar-refractivity contribution in [2.24, 2.45) is 5.92 Å². The van der Waals surface area contributed by atoms with Gasteiger partial charge in [0.2, 0.25) is 0 Å². The molecule has 0 spiro atoms. The molecule has 3 aromatic rings. The Hall–Kier alpha value is -3.86. The van der Waals surface area contributed by atoms with Crippen LogP contribution in [0.3, 0.4) is 0 Å². The van der Waals surface area contributed by atoms with Crippen molar-refractivity contribution in [3.05, 3.63) is 41.6 Å². The van der Waals surface area contributed by atoms with Crippen LogP contribution in [0.5, 0.6) is 0 Å². The van der Waals surface area contributed by atoms with Gasteiger partial charge in [0.1, 0.15) is 18.1 Å². The van der Waals surface area contributed by atoms with Crippen LogP contribution < -0.4 is 16.4 Å². The summed E-state index contributed by atoms with van der Waals surface area (Å²) in [6.45, 7) is 3.78. The van der Waals surface area contributed by atoms with E-state index in [0.29, 0.717) is 41.4 Å². The number of aryl methyl sites for hydroxylation is 1. The second kappa shape index (κ2) is 9.46. The number of nitrogen functional groups attached to an aromatic ring is 1. The number of benzene rings is 1. The fraction of sp³-hybridized carbons (Fsp3) is 0.407. The van der Waals surface area contributed by atoms with Gasteiger partial charge >= 0.3 is 6.09 Å². The van der Waals surface area contributed by atoms with Crippen molar-refractivity contribution in [1.82, 2.24) is 14.9 Å². The lowest BCUT2D eigenvalue weighted by Gasteiger charge is -2.37. The molecule has 0 radical (unpaired) electrons. The number of nitrogens with one attached hydrogen (secondary N) is 2. The average molecular weight is 523 g/mol. The summed E-state index contributed by atoms with van der Waals surface area (Å²) in [6.07, 6.45) is 3.23. The van der Waals surface area contributed by atoms with Gasteiger partial charge in [0.05, 0.1) is 29.5 Å². The molecule has 0 bridgehead atoms. The third-order valence-electron chi connectivity index (χ3n) is 7.53. The Morgan fingerprint density at radius 2 is 2.03 bits per heavy atom. The van der Waals surface area contributed by atoms with Gasteiger partial charge in [-0.15, -0.1) is 0 Å². The number of carbonyl (C=O) groups is 2. The maximum atomic E-state index is 15.4. The van der Waals surface area contributed by atoms with Crippen molar-refractivity contribution in [2.45, 2.75) is 38.5 Å². The smallest absolute Gasteiger partial charge is 0.413 e. The zero-order valence-electron chi connectivity index (χ0n) is 20.9. The third kappa shape index (κ3) is 4.51. The molecule has 4 heterocycles. The second-order valence-corrected chi connectivity index (χ2v) is 10.3. The number of fused-ring (bicyclic) bond motifs is 2. The monoisotopic (exact) mass is 522 g/mol. The van der Waals surface area contributed by atoms with Gasteiger partial charge in [-0.05, 0) is 49.3 Å². The number of hydrogen-bond donors (Lipinski definition) is 3. The van der Waals surface area contributed by atoms with Crippen LogP contribution in [-0.2, 0) is 16.0 Å². The number of pyridine rings is 2. The van der Waals surface area contributed by atoms with Crippen LogP contribution >= 0.6 is 0 Å². The van der Waals surface area contributed by atoms with Gasteiger partial charge in [0.15, 0.2) is 11.6 Å². The highest BCUT2D eigenvalue weighted by molar-refractivity contribution is 5.99. The van der Waals surface area contributed by atoms with Crippen LogP contribution in [0, 0.1) is 18.7 Å². The van der Waals surface area contributed by atoms with E-state index in [1.54, 1.807) is 18.3 Å². The average Bonchev–Trinajstić information content (AvgIpc) is 3.62. The van der Waals surface area contributed by atoms with E-state index in [4.69, 9.17) is 10.5 Å². The van der Waals surface area contributed by atoms with E-state index in [-0.39, 0.29) is 29.9 Å². The molecule has 1 amide bonds. The minimum atomic E-state index is -1.00. The molecule has 1 saturated heterocycles. The highest BCUT2D eigenvalue weighted by Gasteiger charge is 2.44. The number of ketones is 1. The van der Waals surface area contributed by atoms with Crippen molar-refractivity contribution >= 4 is 39.8 Å². The number of halogens is 2. The van der Waals surface area contributed by atoms with E-state index in [1.165, 1.54) is 6.20 Å². The molecule has 4 N–H and O–H groups in total. The minimum Gasteiger partial charge on any atom is -0.443 e. The Kier molecular flexibility index (Phi) is 6.10. The molecular weight excluding hydrogens is 494 g/mol. The lowest BCUT2D eigenvalue weighted by Crippen LogP contribution is -2.54. The van der Waals surface area contributed by atoms with Gasteiger partial charge in [-0.2, -0.15) is 0 Å². The number of nitrogens with zero attached hydrogens (tertiary/aromatic N) is 3. The number of ether oxygens (including phenoxy) is 1. The van der Waals surface area contributed by atoms with Gasteiger partial charge in [-0.1, -0.05) is 0 Å². The summed E-state index contributed by atoms with van der Waals surface area (Å²) >= 11 is 0. The molecule has 11 heteroatoms. The Labute approximate surface area is 217 Å². The molecule has 2 fully saturated rings. The summed E-state index contributed by atoms with van der Waals surface area (Å²) in [4.78, 5) is 34.9. The summed E-state index contributed by atoms with van der Waals surface area (Å²) < 4.78 is 33.8. The minimum absolute atomic E-state index is 0.0291. The molecule has 2 aliphatic heterocycles. The van der Waals surface area contributed by atoms with Crippen LogP contribution in [0.2, 0.25) is 0 Å². The first kappa shape index (κ1) is 24.5. The quantitative estimate of drug-likeness (QED) is 0.418. The van der Waals surface area contributed by atoms with Crippen LogP contribution in [-0.4, -0.2) is 65.2 Å². The zero-order chi connectivity index (χ0) is 26.6. The Bertz CT molecular complexity index is 1460. The first-order chi connectivity index (χ1) is 18.3. The molecule has 1 saturated carbocycles. The number of likely N-dealkylation sites (tertiary alicyclic amines) is 1. The molecule has 3 aliphatic rings. The van der Waals surface area contributed by atoms with Crippen molar-refractivity contribution in [3.63, 3.8) is 0 Å². The molecule has 9 nitrogen and oxygen atoms in total. The lowest BCUT2D eigenvalue weighted by atomic mass is 9.95. The second-order valence-electron chi connectivity index (χ2n) is 10.3. The van der Waals surface area contributed by atoms with E-state index >= 15 is 4.39 Å². The van der Waals surface area contributed by atoms with Crippen LogP contribution in [0.1, 0.15) is 24.1 Å². The standard InChI is InChI=1S/C27H28F2N6O3/c1-13-18(8-32-21-3-2-4-31-26(13)21)16-5-14-6-23(33-9-19(14)25(30)24(16)29)34-27(37)38-15-10-35(11-15)12-22(36)17-7-20(17)28/h5-6,8-9,15,17,20,31H,2-4,7,10-12,30H2,1H3,(H,33,34,37)/t17-,20-/m1/s1. The molecule has 2 aromatic heterocycles. The number of rotatable bonds is 6. The lowest BCUT2D eigenvalue weighted by molar-refractivity contribution is -0.124. The molecular formula is C27H28F2N6O3. The zero-order valence-corrected chi connectivity index (χ0v) is 20.9. The van der Waals surface area contributed by atoms with Crippen molar-refractivity contribution in [1.29, 1.82) is 0 Å². The van der Waals surface area contributed by atoms with E-state index in [9.17, 15) is 14.0 Å². The highest BCUT2D eigenvalue weighted by atomic mass is 19.1. The van der Waals surface area contributed by atoms with Crippen molar-refractivity contribution in [3.8, 4) is 11.1 Å². The number of nitrogens with two attached hydrogens (primary N) is 1. The van der Waals surface area contributed by atoms with Gasteiger partial charge in [0, 0.05) is 48.5 Å². The Balaban J connectivity index is 1.16. The van der Waals surface area contributed by atoms with E-state index in [0.717, 1.165) is 36.3 Å². The number of alkyl halides is 1. The fourth-order valence-electron chi connectivity index (χ4n) is 5.23. The molecule has 6 rings (SSSR count). The van der Waals surface area contributed by atoms with E-state index in [2.05, 4.69) is 20.6 Å². The summed E-state index contributed by atoms with van der Waals surface area (Å²) in [7, 11) is 0. The first-order valence-corrected chi connectivity index (χ1v) is 12.8. The third-order valence-corrected chi connectivity index (χ3v) is 7.53. The summed E-state index contributed by atoms with van der Waals surface area (Å²) in [6, 6.07) is 3.30. The van der Waals surface area contributed by atoms with Gasteiger partial charge in [0.25, 0.3) is 0 Å². The topological polar surface area (TPSA) is 122 Å². The van der Waals surface area contributed by atoms with Crippen molar-refractivity contribution in [2.75, 3.05) is 42.5 Å². The number of amides is 1. The predicted octanol–water partition coefficient (Wildman–Crippen LogP) is 3.84. The fourth-order valence-corrected chi connectivity index (χ4v) is 5.23. The number of Topliss-reactive ketones (excluding diaryl/α,β-unsaturated/α-hetero) is 1. The molecule has 0 unspecified atom stereocenters. The Morgan fingerprint density at radius 3 is 2.79 bits per heavy atom. The molecule has 2 atom stereocenters. The summed E-state index contributed by atoms with van der Waals surface area (Å²) in [5.74, 6) is -0.884. The highest BCUT2D eigenvalue weighted by Crippen LogP contribution is 2.38. The SMILES string of the molecule is Cc1c(-c2cc3cc(NC(=O)OC4CN(CC(=O)[C@@H]5C[C@H]5F)C4)ncc3c(N)c2F)cnc2c1NCCC2. The molecule has 1 aliphatic carbocycles. The summed E-state index contributed by atoms with van der Waals surface area (Å²) in [5, 5.41) is 7.00. The molecule has 198 valence electrons. The normalized spacial score (nSPS) is 20.8. The molecule has 1 aromatic carbocycles. The van der Waals surface area contributed by atoms with Gasteiger partial charge < -0.3 is 15.8 Å². The van der Waals surface area contributed by atoms with Crippen LogP contribution in [0.25, 0.3) is 21.9 Å². The van der Waals surface area contributed by atoms with Crippen molar-refractivity contribution < 1.29 is 23.1 Å². The van der Waals surface area contributed by atoms with Gasteiger partial charge in [-0.3, -0.25) is 20.0 Å². The van der Waals surface area contributed by atoms with Gasteiger partial charge in [-0.25, -0.2) is 18.6 Å². The Morgan fingerprint density at radius 1 is 1.24 bits per heavy atom. The summed E-state index contributed by atoms with van der Waals surface area (Å²) in [5.41, 5.74) is 9.90. The van der Waals surface area contributed by atoms with E-state index < -0.39 is 24.0 Å². The predicted molar refractivity (Wildman–Crippen MR) is 139 cm³/mol. The maximum absolute atomic E-state index is 15.4.